The van der Waals surface area contributed by atoms with Gasteiger partial charge in [-0.3, -0.25) is 9.59 Å². The van der Waals surface area contributed by atoms with Gasteiger partial charge in [-0.25, -0.2) is 4.98 Å². The molecule has 3 aromatic rings. The van der Waals surface area contributed by atoms with E-state index in [0.717, 1.165) is 49.8 Å². The van der Waals surface area contributed by atoms with Gasteiger partial charge in [-0.2, -0.15) is 0 Å². The van der Waals surface area contributed by atoms with Crippen molar-refractivity contribution in [1.82, 2.24) is 9.97 Å². The third-order valence-corrected chi connectivity index (χ3v) is 9.05. The van der Waals surface area contributed by atoms with Crippen LogP contribution in [-0.4, -0.2) is 68.4 Å². The van der Waals surface area contributed by atoms with Crippen molar-refractivity contribution >= 4 is 23.5 Å². The first-order valence-corrected chi connectivity index (χ1v) is 16.2. The molecule has 46 heavy (non-hydrogen) atoms. The molecule has 0 radical (unpaired) electrons. The van der Waals surface area contributed by atoms with Crippen molar-refractivity contribution in [2.45, 2.75) is 82.7 Å². The number of carbonyl (C=O) groups excluding carboxylic acids is 2. The summed E-state index contributed by atoms with van der Waals surface area (Å²) < 4.78 is 5.55. The number of aromatic amines is 1. The molecule has 2 heterocycles. The second kappa shape index (κ2) is 16.5. The first-order chi connectivity index (χ1) is 22.2. The third-order valence-electron chi connectivity index (χ3n) is 9.05. The molecule has 0 unspecified atom stereocenters. The first-order valence-electron chi connectivity index (χ1n) is 16.2. The molecule has 7 N–H and O–H groups in total. The number of unbranched alkanes of at least 4 members (excludes halogenated alkanes) is 6. The number of aryl methyl sites for hydroxylation is 1. The van der Waals surface area contributed by atoms with Crippen LogP contribution in [0, 0.1) is 5.41 Å². The van der Waals surface area contributed by atoms with Gasteiger partial charge in [0.15, 0.2) is 29.2 Å². The molecule has 4 rings (SSSR count). The van der Waals surface area contributed by atoms with Crippen molar-refractivity contribution in [3.8, 4) is 11.5 Å². The number of nitrogens with two attached hydrogens (primary N) is 1. The molecule has 0 amide bonds. The maximum absolute atomic E-state index is 12.9. The normalized spacial score (nSPS) is 17.9. The number of benzene rings is 1. The van der Waals surface area contributed by atoms with E-state index in [1.54, 1.807) is 18.3 Å². The predicted octanol–water partition coefficient (Wildman–Crippen LogP) is 4.63. The van der Waals surface area contributed by atoms with E-state index in [2.05, 4.69) is 9.97 Å². The number of nitrogen functional groups attached to an aromatic ring is 1. The van der Waals surface area contributed by atoms with Gasteiger partial charge in [0.1, 0.15) is 5.82 Å². The lowest BCUT2D eigenvalue weighted by molar-refractivity contribution is -0.138. The van der Waals surface area contributed by atoms with Crippen molar-refractivity contribution in [3.63, 3.8) is 0 Å². The lowest BCUT2D eigenvalue weighted by Gasteiger charge is -2.41. The Morgan fingerprint density at radius 2 is 1.74 bits per heavy atom. The van der Waals surface area contributed by atoms with E-state index >= 15 is 0 Å². The van der Waals surface area contributed by atoms with Crippen LogP contribution in [-0.2, 0) is 22.4 Å². The predicted molar refractivity (Wildman–Crippen MR) is 177 cm³/mol. The highest BCUT2D eigenvalue weighted by atomic mass is 16.5. The number of phenols is 1. The van der Waals surface area contributed by atoms with Crippen LogP contribution in [0.5, 0.6) is 11.5 Å². The minimum Gasteiger partial charge on any atom is -0.504 e. The zero-order chi connectivity index (χ0) is 33.1. The number of ketones is 2. The zero-order valence-corrected chi connectivity index (χ0v) is 26.6. The average Bonchev–Trinajstić information content (AvgIpc) is 3.57. The quantitative estimate of drug-likeness (QED) is 0.0811. The van der Waals surface area contributed by atoms with Gasteiger partial charge in [-0.05, 0) is 61.1 Å². The fourth-order valence-electron chi connectivity index (χ4n) is 6.49. The number of hydrogen-bond acceptors (Lipinski definition) is 9. The van der Waals surface area contributed by atoms with Crippen LogP contribution in [0.25, 0.3) is 6.08 Å². The highest BCUT2D eigenvalue weighted by Gasteiger charge is 2.44. The number of carbonyl (C=O) groups is 2. The lowest BCUT2D eigenvalue weighted by atomic mass is 9.63. The van der Waals surface area contributed by atoms with Gasteiger partial charge in [-0.15, -0.1) is 0 Å². The highest BCUT2D eigenvalue weighted by Crippen LogP contribution is 2.53. The van der Waals surface area contributed by atoms with Crippen molar-refractivity contribution in [3.05, 3.63) is 76.7 Å². The summed E-state index contributed by atoms with van der Waals surface area (Å²) in [6.07, 6.45) is 12.6. The minimum atomic E-state index is -1.67. The molecule has 0 fully saturated rings. The maximum Gasteiger partial charge on any atom is 0.170 e. The van der Waals surface area contributed by atoms with Gasteiger partial charge in [0, 0.05) is 60.0 Å². The average molecular weight is 634 g/mol. The number of nitrogens with zero attached hydrogens (tertiary/aromatic N) is 1. The number of pyridine rings is 1. The molecule has 2 aromatic heterocycles. The van der Waals surface area contributed by atoms with Gasteiger partial charge in [-0.1, -0.05) is 50.3 Å². The van der Waals surface area contributed by atoms with E-state index in [-0.39, 0.29) is 44.0 Å². The SMILES string of the molecule is COc1cc(CCC(=O)[C@H](O)C(=O)CCCCCCCCCO)cc([C@@H]2c3ccnc(N)c3C=C[C@@]2(CO)Cc2ccc[nH]2)c1O. The van der Waals surface area contributed by atoms with Crippen molar-refractivity contribution in [2.24, 2.45) is 5.41 Å². The Bertz CT molecular complexity index is 1490. The van der Waals surface area contributed by atoms with E-state index in [1.165, 1.54) is 7.11 Å². The molecule has 0 saturated heterocycles. The number of methoxy groups -OCH3 is 1. The highest BCUT2D eigenvalue weighted by molar-refractivity contribution is 6.05. The van der Waals surface area contributed by atoms with E-state index in [9.17, 15) is 24.9 Å². The number of phenolic OH excluding ortho intramolecular Hbond substituents is 1. The number of aromatic hydroxyl groups is 1. The second-order valence-electron chi connectivity index (χ2n) is 12.2. The van der Waals surface area contributed by atoms with Crippen LogP contribution in [0.2, 0.25) is 0 Å². The van der Waals surface area contributed by atoms with E-state index in [4.69, 9.17) is 15.6 Å². The lowest BCUT2D eigenvalue weighted by Crippen LogP contribution is -2.36. The summed E-state index contributed by atoms with van der Waals surface area (Å²) in [7, 11) is 1.44. The molecule has 10 heteroatoms. The van der Waals surface area contributed by atoms with E-state index < -0.39 is 29.0 Å². The first kappa shape index (κ1) is 34.9. The number of anilines is 1. The van der Waals surface area contributed by atoms with Crippen LogP contribution in [0.1, 0.15) is 91.7 Å². The summed E-state index contributed by atoms with van der Waals surface area (Å²) in [6, 6.07) is 9.10. The Labute approximate surface area is 270 Å². The molecule has 0 aliphatic heterocycles. The number of fused-ring (bicyclic) bond motifs is 1. The second-order valence-corrected chi connectivity index (χ2v) is 12.2. The number of nitrogens with one attached hydrogen (secondary N) is 1. The summed E-state index contributed by atoms with van der Waals surface area (Å²) in [6.45, 7) is -0.0294. The van der Waals surface area contributed by atoms with Crippen molar-refractivity contribution in [2.75, 3.05) is 26.1 Å². The fraction of sp³-hybridized carbons (Fsp3) is 0.472. The summed E-state index contributed by atoms with van der Waals surface area (Å²) in [5.74, 6) is -1.13. The van der Waals surface area contributed by atoms with Gasteiger partial charge < -0.3 is 35.9 Å². The topological polar surface area (TPSA) is 179 Å². The standard InChI is InChI=1S/C36H47N3O7/c1-46-31-21-24(12-13-30(43)34(45)29(42)11-7-5-3-2-4-6-8-19-40)20-28(33(31)44)32-26-15-18-39-35(37)27(26)14-16-36(32,23-41)22-25-10-9-17-38-25/h9-10,14-18,20-21,32,34,38,40-41,44-45H,2-8,11-13,19,22-23H2,1H3,(H2,37,39)/t32-,34+,36-/m0/s1. The smallest absolute Gasteiger partial charge is 0.170 e. The Hall–Kier alpha value is -3.99. The van der Waals surface area contributed by atoms with Crippen LogP contribution in [0.4, 0.5) is 5.82 Å². The minimum absolute atomic E-state index is 0.0726. The molecule has 0 spiro atoms. The van der Waals surface area contributed by atoms with Crippen LogP contribution >= 0.6 is 0 Å². The fourth-order valence-corrected chi connectivity index (χ4v) is 6.49. The maximum atomic E-state index is 12.9. The summed E-state index contributed by atoms with van der Waals surface area (Å²) in [5.41, 5.74) is 8.94. The Morgan fingerprint density at radius 1 is 1.02 bits per heavy atom. The summed E-state index contributed by atoms with van der Waals surface area (Å²) in [4.78, 5) is 32.9. The van der Waals surface area contributed by atoms with Gasteiger partial charge >= 0.3 is 0 Å². The number of aliphatic hydroxyl groups excluding tert-OH is 3. The number of ether oxygens (including phenoxy) is 1. The summed E-state index contributed by atoms with van der Waals surface area (Å²) >= 11 is 0. The monoisotopic (exact) mass is 633 g/mol. The van der Waals surface area contributed by atoms with Crippen LogP contribution in [0.15, 0.2) is 48.8 Å². The van der Waals surface area contributed by atoms with Crippen molar-refractivity contribution in [1.29, 1.82) is 0 Å². The molecule has 10 nitrogen and oxygen atoms in total. The number of aromatic nitrogens is 2. The summed E-state index contributed by atoms with van der Waals surface area (Å²) in [5, 5.41) is 41.8. The van der Waals surface area contributed by atoms with E-state index in [0.29, 0.717) is 35.3 Å². The number of aliphatic hydroxyl groups is 3. The molecular formula is C36H47N3O7. The molecular weight excluding hydrogens is 586 g/mol. The molecule has 0 bridgehead atoms. The Morgan fingerprint density at radius 3 is 2.41 bits per heavy atom. The van der Waals surface area contributed by atoms with Gasteiger partial charge in [0.05, 0.1) is 13.7 Å². The van der Waals surface area contributed by atoms with Crippen LogP contribution in [0.3, 0.4) is 0 Å². The number of H-pyrrole nitrogens is 1. The molecule has 0 saturated carbocycles. The third kappa shape index (κ3) is 8.23. The van der Waals surface area contributed by atoms with Gasteiger partial charge in [0.25, 0.3) is 0 Å². The molecule has 1 aromatic carbocycles. The van der Waals surface area contributed by atoms with Crippen LogP contribution < -0.4 is 10.5 Å². The number of rotatable bonds is 19. The Kier molecular flexibility index (Phi) is 12.5. The van der Waals surface area contributed by atoms with Crippen molar-refractivity contribution < 1.29 is 34.8 Å². The van der Waals surface area contributed by atoms with E-state index in [1.807, 2.05) is 36.5 Å². The Balaban J connectivity index is 1.52. The van der Waals surface area contributed by atoms with Gasteiger partial charge in [0.2, 0.25) is 0 Å². The molecule has 1 aliphatic carbocycles. The molecule has 3 atom stereocenters. The number of hydrogen-bond donors (Lipinski definition) is 6. The molecule has 248 valence electrons. The largest absolute Gasteiger partial charge is 0.504 e. The number of Topliss-reactive ketones (excluding diaryl/α,β-unsaturated/α-hetero) is 2. The zero-order valence-electron chi connectivity index (χ0n) is 26.6. The molecule has 1 aliphatic rings.